The van der Waals surface area contributed by atoms with Crippen molar-refractivity contribution in [1.82, 2.24) is 0 Å². The Hall–Kier alpha value is 0.160. The first-order chi connectivity index (χ1) is 5.02. The second-order valence-electron chi connectivity index (χ2n) is 2.69. The van der Waals surface area contributed by atoms with E-state index in [1.54, 1.807) is 6.92 Å². The van der Waals surface area contributed by atoms with Crippen LogP contribution in [0.2, 0.25) is 0 Å². The fourth-order valence-corrected chi connectivity index (χ4v) is 1.84. The van der Waals surface area contributed by atoms with Crippen LogP contribution >= 0.6 is 22.6 Å². The molecular formula is C7H13IO3. The van der Waals surface area contributed by atoms with Gasteiger partial charge in [-0.05, 0) is 13.3 Å². The van der Waals surface area contributed by atoms with E-state index >= 15 is 0 Å². The Balaban J connectivity index is 3.80. The Labute approximate surface area is 80.3 Å². The highest BCUT2D eigenvalue weighted by Gasteiger charge is 2.23. The number of methoxy groups -OCH3 is 1. The molecule has 0 amide bonds. The van der Waals surface area contributed by atoms with Gasteiger partial charge in [0, 0.05) is 4.43 Å². The Kier molecular flexibility index (Phi) is 4.99. The number of hydrogen-bond donors (Lipinski definition) is 1. The number of esters is 1. The molecule has 1 N–H and O–H groups in total. The molecule has 3 nitrogen and oxygen atoms in total. The first kappa shape index (κ1) is 11.2. The van der Waals surface area contributed by atoms with Crippen LogP contribution in [0.4, 0.5) is 0 Å². The number of rotatable bonds is 4. The molecule has 0 aliphatic rings. The van der Waals surface area contributed by atoms with Crippen LogP contribution in [0.25, 0.3) is 0 Å². The summed E-state index contributed by atoms with van der Waals surface area (Å²) in [7, 11) is 1.32. The van der Waals surface area contributed by atoms with Crippen molar-refractivity contribution in [2.75, 3.05) is 11.5 Å². The van der Waals surface area contributed by atoms with E-state index in [2.05, 4.69) is 27.3 Å². The van der Waals surface area contributed by atoms with Gasteiger partial charge in [-0.1, -0.05) is 22.6 Å². The molecule has 1 unspecified atom stereocenters. The molecule has 0 aromatic carbocycles. The van der Waals surface area contributed by atoms with Crippen LogP contribution in [0.1, 0.15) is 19.8 Å². The van der Waals surface area contributed by atoms with Crippen LogP contribution in [0.5, 0.6) is 0 Å². The molecule has 0 rings (SSSR count). The van der Waals surface area contributed by atoms with Gasteiger partial charge in [-0.3, -0.25) is 4.79 Å². The van der Waals surface area contributed by atoms with Gasteiger partial charge in [-0.15, -0.1) is 0 Å². The van der Waals surface area contributed by atoms with Crippen molar-refractivity contribution < 1.29 is 14.6 Å². The number of halogens is 1. The SMILES string of the molecule is COC(=O)CC(C)(O)CCI. The molecule has 0 saturated carbocycles. The minimum absolute atomic E-state index is 0.0759. The first-order valence-electron chi connectivity index (χ1n) is 3.37. The highest BCUT2D eigenvalue weighted by atomic mass is 127. The average molecular weight is 272 g/mol. The van der Waals surface area contributed by atoms with Crippen LogP contribution in [0, 0.1) is 0 Å². The summed E-state index contributed by atoms with van der Waals surface area (Å²) in [6, 6.07) is 0. The molecule has 0 aromatic rings. The molecule has 0 heterocycles. The second kappa shape index (κ2) is 4.92. The molecule has 1 atom stereocenters. The van der Waals surface area contributed by atoms with E-state index < -0.39 is 5.60 Å². The summed E-state index contributed by atoms with van der Waals surface area (Å²) in [6.45, 7) is 1.64. The first-order valence-corrected chi connectivity index (χ1v) is 4.89. The molecule has 0 aromatic heterocycles. The normalized spacial score (nSPS) is 15.6. The highest BCUT2D eigenvalue weighted by molar-refractivity contribution is 14.1. The van der Waals surface area contributed by atoms with Crippen LogP contribution in [0.3, 0.4) is 0 Å². The predicted octanol–water partition coefficient (Wildman–Crippen LogP) is 1.13. The summed E-state index contributed by atoms with van der Waals surface area (Å²) in [4.78, 5) is 10.7. The van der Waals surface area contributed by atoms with Crippen molar-refractivity contribution in [3.8, 4) is 0 Å². The summed E-state index contributed by atoms with van der Waals surface area (Å²) in [5.74, 6) is -0.361. The van der Waals surface area contributed by atoms with Gasteiger partial charge in [0.1, 0.15) is 0 Å². The molecule has 4 heteroatoms. The maximum absolute atomic E-state index is 10.7. The summed E-state index contributed by atoms with van der Waals surface area (Å²) in [5, 5.41) is 9.51. The number of alkyl halides is 1. The number of carbonyl (C=O) groups excluding carboxylic acids is 1. The lowest BCUT2D eigenvalue weighted by atomic mass is 10.00. The quantitative estimate of drug-likeness (QED) is 0.474. The van der Waals surface area contributed by atoms with E-state index in [4.69, 9.17) is 0 Å². The smallest absolute Gasteiger partial charge is 0.308 e. The third-order valence-electron chi connectivity index (χ3n) is 1.39. The molecular weight excluding hydrogens is 259 g/mol. The van der Waals surface area contributed by atoms with Gasteiger partial charge in [0.2, 0.25) is 0 Å². The Morgan fingerprint density at radius 2 is 2.27 bits per heavy atom. The van der Waals surface area contributed by atoms with E-state index in [1.807, 2.05) is 0 Å². The van der Waals surface area contributed by atoms with Crippen LogP contribution in [0.15, 0.2) is 0 Å². The van der Waals surface area contributed by atoms with Crippen LogP contribution < -0.4 is 0 Å². The highest BCUT2D eigenvalue weighted by Crippen LogP contribution is 2.15. The van der Waals surface area contributed by atoms with E-state index in [-0.39, 0.29) is 12.4 Å². The largest absolute Gasteiger partial charge is 0.469 e. The Bertz CT molecular complexity index is 134. The van der Waals surface area contributed by atoms with E-state index in [9.17, 15) is 9.90 Å². The van der Waals surface area contributed by atoms with Crippen molar-refractivity contribution in [1.29, 1.82) is 0 Å². The van der Waals surface area contributed by atoms with Crippen molar-refractivity contribution in [3.63, 3.8) is 0 Å². The molecule has 66 valence electrons. The van der Waals surface area contributed by atoms with E-state index in [1.165, 1.54) is 7.11 Å². The summed E-state index contributed by atoms with van der Waals surface area (Å²) >= 11 is 2.16. The molecule has 0 fully saturated rings. The van der Waals surface area contributed by atoms with Crippen molar-refractivity contribution in [3.05, 3.63) is 0 Å². The number of carbonyl (C=O) groups is 1. The van der Waals surface area contributed by atoms with Crippen LogP contribution in [-0.2, 0) is 9.53 Å². The molecule has 0 aliphatic carbocycles. The van der Waals surface area contributed by atoms with Gasteiger partial charge in [-0.25, -0.2) is 0 Å². The zero-order valence-electron chi connectivity index (χ0n) is 6.76. The third kappa shape index (κ3) is 5.43. The van der Waals surface area contributed by atoms with Gasteiger partial charge in [0.15, 0.2) is 0 Å². The minimum Gasteiger partial charge on any atom is -0.469 e. The predicted molar refractivity (Wildman–Crippen MR) is 50.8 cm³/mol. The summed E-state index contributed by atoms with van der Waals surface area (Å²) in [5.41, 5.74) is -0.908. The van der Waals surface area contributed by atoms with Crippen molar-refractivity contribution in [2.24, 2.45) is 0 Å². The fraction of sp³-hybridized carbons (Fsp3) is 0.857. The van der Waals surface area contributed by atoms with Gasteiger partial charge in [0.25, 0.3) is 0 Å². The fourth-order valence-electron chi connectivity index (χ4n) is 0.675. The Morgan fingerprint density at radius 3 is 2.64 bits per heavy atom. The molecule has 0 radical (unpaired) electrons. The van der Waals surface area contributed by atoms with E-state index in [0.29, 0.717) is 6.42 Å². The molecule has 11 heavy (non-hydrogen) atoms. The van der Waals surface area contributed by atoms with Gasteiger partial charge < -0.3 is 9.84 Å². The Morgan fingerprint density at radius 1 is 1.73 bits per heavy atom. The topological polar surface area (TPSA) is 46.5 Å². The van der Waals surface area contributed by atoms with Gasteiger partial charge >= 0.3 is 5.97 Å². The molecule has 0 aliphatic heterocycles. The summed E-state index contributed by atoms with van der Waals surface area (Å²) < 4.78 is 5.27. The second-order valence-corrected chi connectivity index (χ2v) is 3.77. The lowest BCUT2D eigenvalue weighted by molar-refractivity contribution is -0.145. The zero-order chi connectivity index (χ0) is 8.91. The van der Waals surface area contributed by atoms with E-state index in [0.717, 1.165) is 4.43 Å². The van der Waals surface area contributed by atoms with Gasteiger partial charge in [-0.2, -0.15) is 0 Å². The zero-order valence-corrected chi connectivity index (χ0v) is 8.92. The molecule has 0 spiro atoms. The maximum atomic E-state index is 10.7. The molecule has 0 saturated heterocycles. The van der Waals surface area contributed by atoms with Crippen molar-refractivity contribution in [2.45, 2.75) is 25.4 Å². The monoisotopic (exact) mass is 272 g/mol. The number of aliphatic hydroxyl groups is 1. The lowest BCUT2D eigenvalue weighted by Crippen LogP contribution is -2.28. The number of hydrogen-bond acceptors (Lipinski definition) is 3. The van der Waals surface area contributed by atoms with Crippen molar-refractivity contribution >= 4 is 28.6 Å². The lowest BCUT2D eigenvalue weighted by Gasteiger charge is -2.19. The standard InChI is InChI=1S/C7H13IO3/c1-7(10,3-4-8)5-6(9)11-2/h10H,3-5H2,1-2H3. The van der Waals surface area contributed by atoms with Crippen LogP contribution in [-0.4, -0.2) is 28.2 Å². The summed E-state index contributed by atoms with van der Waals surface area (Å²) in [6.07, 6.45) is 0.690. The average Bonchev–Trinajstić information content (AvgIpc) is 1.86. The molecule has 0 bridgehead atoms. The maximum Gasteiger partial charge on any atom is 0.308 e. The number of ether oxygens (including phenoxy) is 1. The van der Waals surface area contributed by atoms with Gasteiger partial charge in [0.05, 0.1) is 19.1 Å². The minimum atomic E-state index is -0.908. The third-order valence-corrected chi connectivity index (χ3v) is 1.93.